The fraction of sp³-hybridized carbons (Fsp3) is 0.400. The van der Waals surface area contributed by atoms with Crippen LogP contribution in [0.5, 0.6) is 0 Å². The Kier molecular flexibility index (Phi) is 4.99. The van der Waals surface area contributed by atoms with Gasteiger partial charge in [-0.05, 0) is 23.9 Å². The molecule has 2 aliphatic rings. The van der Waals surface area contributed by atoms with E-state index in [1.165, 1.54) is 9.78 Å². The van der Waals surface area contributed by atoms with Gasteiger partial charge in [0.1, 0.15) is 5.54 Å². The zero-order chi connectivity index (χ0) is 18.9. The van der Waals surface area contributed by atoms with E-state index in [1.807, 2.05) is 30.3 Å². The van der Waals surface area contributed by atoms with Crippen molar-refractivity contribution in [3.63, 3.8) is 0 Å². The van der Waals surface area contributed by atoms with Crippen LogP contribution >= 0.6 is 11.3 Å². The average Bonchev–Trinajstić information content (AvgIpc) is 3.27. The second-order valence-corrected chi connectivity index (χ2v) is 8.30. The number of nitrogens with zero attached hydrogens (tertiary/aromatic N) is 3. The minimum atomic E-state index is -0.987. The Morgan fingerprint density at radius 2 is 1.70 bits per heavy atom. The molecule has 2 saturated heterocycles. The Morgan fingerprint density at radius 1 is 1.00 bits per heavy atom. The highest BCUT2D eigenvalue weighted by Gasteiger charge is 2.49. The number of piperazine rings is 1. The highest BCUT2D eigenvalue weighted by Crippen LogP contribution is 2.28. The molecule has 3 heterocycles. The molecule has 0 aliphatic carbocycles. The molecule has 2 fully saturated rings. The lowest BCUT2D eigenvalue weighted by Gasteiger charge is -2.35. The largest absolute Gasteiger partial charge is 0.326 e. The third kappa shape index (κ3) is 3.63. The summed E-state index contributed by atoms with van der Waals surface area (Å²) < 4.78 is 0. The zero-order valence-electron chi connectivity index (χ0n) is 15.4. The van der Waals surface area contributed by atoms with E-state index in [0.29, 0.717) is 6.67 Å². The van der Waals surface area contributed by atoms with Crippen molar-refractivity contribution in [3.8, 4) is 0 Å². The molecule has 142 valence electrons. The van der Waals surface area contributed by atoms with Gasteiger partial charge in [0.15, 0.2) is 0 Å². The maximum atomic E-state index is 13.0. The Bertz CT molecular complexity index is 803. The van der Waals surface area contributed by atoms with Crippen LogP contribution < -0.4 is 5.32 Å². The summed E-state index contributed by atoms with van der Waals surface area (Å²) in [5.74, 6) is -0.181. The molecule has 4 rings (SSSR count). The van der Waals surface area contributed by atoms with E-state index in [1.54, 1.807) is 18.3 Å². The number of nitrogens with one attached hydrogen (secondary N) is 1. The molecular formula is C20H24N4O2S. The molecule has 1 unspecified atom stereocenters. The standard InChI is InChI=1S/C20H24N4O2S/c1-20(16-6-3-2-4-7-16)18(25)24(19(26)21-20)15-23-11-9-22(10-12-23)14-17-8-5-13-27-17/h2-8,13H,9-12,14-15H2,1H3,(H,21,26). The minimum absolute atomic E-state index is 0.181. The number of urea groups is 1. The van der Waals surface area contributed by atoms with Crippen LogP contribution in [0, 0.1) is 0 Å². The molecule has 27 heavy (non-hydrogen) atoms. The van der Waals surface area contributed by atoms with Gasteiger partial charge in [0, 0.05) is 37.6 Å². The van der Waals surface area contributed by atoms with Crippen molar-refractivity contribution in [1.82, 2.24) is 20.0 Å². The smallest absolute Gasteiger partial charge is 0.319 e. The Hall–Kier alpha value is -2.22. The van der Waals surface area contributed by atoms with Crippen molar-refractivity contribution >= 4 is 23.3 Å². The van der Waals surface area contributed by atoms with Crippen LogP contribution in [-0.4, -0.2) is 59.5 Å². The highest BCUT2D eigenvalue weighted by atomic mass is 32.1. The van der Waals surface area contributed by atoms with E-state index < -0.39 is 5.54 Å². The predicted molar refractivity (Wildman–Crippen MR) is 105 cm³/mol. The van der Waals surface area contributed by atoms with Crippen molar-refractivity contribution < 1.29 is 9.59 Å². The summed E-state index contributed by atoms with van der Waals surface area (Å²) in [4.78, 5) is 32.8. The van der Waals surface area contributed by atoms with Crippen molar-refractivity contribution in [2.24, 2.45) is 0 Å². The number of amides is 3. The minimum Gasteiger partial charge on any atom is -0.319 e. The molecule has 0 bridgehead atoms. The number of hydrogen-bond donors (Lipinski definition) is 1. The molecule has 0 saturated carbocycles. The van der Waals surface area contributed by atoms with Crippen LogP contribution in [0.2, 0.25) is 0 Å². The molecule has 1 aromatic heterocycles. The van der Waals surface area contributed by atoms with Gasteiger partial charge in [-0.2, -0.15) is 0 Å². The molecule has 2 aromatic rings. The van der Waals surface area contributed by atoms with Crippen molar-refractivity contribution in [2.75, 3.05) is 32.8 Å². The molecule has 0 spiro atoms. The first kappa shape index (κ1) is 18.2. The summed E-state index contributed by atoms with van der Waals surface area (Å²) in [6, 6.07) is 13.4. The normalized spacial score (nSPS) is 24.4. The van der Waals surface area contributed by atoms with Crippen molar-refractivity contribution in [2.45, 2.75) is 19.0 Å². The number of benzene rings is 1. The van der Waals surface area contributed by atoms with Gasteiger partial charge in [0.05, 0.1) is 6.67 Å². The predicted octanol–water partition coefficient (Wildman–Crippen LogP) is 2.29. The second-order valence-electron chi connectivity index (χ2n) is 7.27. The lowest BCUT2D eigenvalue weighted by atomic mass is 9.92. The average molecular weight is 385 g/mol. The number of thiophene rings is 1. The van der Waals surface area contributed by atoms with Crippen LogP contribution in [0.25, 0.3) is 0 Å². The molecule has 7 heteroatoms. The second kappa shape index (κ2) is 7.42. The first-order valence-electron chi connectivity index (χ1n) is 9.23. The SMILES string of the molecule is CC1(c2ccccc2)NC(=O)N(CN2CCN(Cc3cccs3)CC2)C1=O. The molecule has 0 radical (unpaired) electrons. The summed E-state index contributed by atoms with van der Waals surface area (Å²) in [7, 11) is 0. The topological polar surface area (TPSA) is 55.9 Å². The van der Waals surface area contributed by atoms with Crippen molar-refractivity contribution in [3.05, 3.63) is 58.3 Å². The van der Waals surface area contributed by atoms with E-state index in [-0.39, 0.29) is 11.9 Å². The number of imide groups is 1. The highest BCUT2D eigenvalue weighted by molar-refractivity contribution is 7.09. The van der Waals surface area contributed by atoms with Gasteiger partial charge in [-0.25, -0.2) is 9.69 Å². The van der Waals surface area contributed by atoms with Gasteiger partial charge >= 0.3 is 6.03 Å². The third-order valence-electron chi connectivity index (χ3n) is 5.39. The maximum Gasteiger partial charge on any atom is 0.326 e. The van der Waals surface area contributed by atoms with E-state index in [4.69, 9.17) is 0 Å². The summed E-state index contributed by atoms with van der Waals surface area (Å²) in [5.41, 5.74) is -0.175. The van der Waals surface area contributed by atoms with E-state index >= 15 is 0 Å². The lowest BCUT2D eigenvalue weighted by Crippen LogP contribution is -2.51. The van der Waals surface area contributed by atoms with Gasteiger partial charge in [0.2, 0.25) is 0 Å². The Morgan fingerprint density at radius 3 is 2.37 bits per heavy atom. The quantitative estimate of drug-likeness (QED) is 0.804. The molecule has 1 aromatic carbocycles. The number of carbonyl (C=O) groups excluding carboxylic acids is 2. The van der Waals surface area contributed by atoms with Crippen molar-refractivity contribution in [1.29, 1.82) is 0 Å². The Labute approximate surface area is 163 Å². The lowest BCUT2D eigenvalue weighted by molar-refractivity contribution is -0.132. The Balaban J connectivity index is 1.36. The maximum absolute atomic E-state index is 13.0. The molecule has 1 atom stereocenters. The molecule has 3 amide bonds. The summed E-state index contributed by atoms with van der Waals surface area (Å²) in [5, 5.41) is 4.98. The van der Waals surface area contributed by atoms with E-state index in [0.717, 1.165) is 38.3 Å². The molecular weight excluding hydrogens is 360 g/mol. The van der Waals surface area contributed by atoms with Gasteiger partial charge < -0.3 is 5.32 Å². The van der Waals surface area contributed by atoms with Gasteiger partial charge in [-0.1, -0.05) is 36.4 Å². The first-order valence-corrected chi connectivity index (χ1v) is 10.1. The number of hydrogen-bond acceptors (Lipinski definition) is 5. The van der Waals surface area contributed by atoms with Crippen LogP contribution in [0.3, 0.4) is 0 Å². The van der Waals surface area contributed by atoms with Crippen LogP contribution in [0.4, 0.5) is 4.79 Å². The molecule has 6 nitrogen and oxygen atoms in total. The van der Waals surface area contributed by atoms with E-state index in [9.17, 15) is 9.59 Å². The molecule has 2 aliphatic heterocycles. The van der Waals surface area contributed by atoms with Crippen LogP contribution in [-0.2, 0) is 16.9 Å². The monoisotopic (exact) mass is 384 g/mol. The zero-order valence-corrected chi connectivity index (χ0v) is 16.2. The third-order valence-corrected chi connectivity index (χ3v) is 6.25. The van der Waals surface area contributed by atoms with Gasteiger partial charge in [0.25, 0.3) is 5.91 Å². The van der Waals surface area contributed by atoms with E-state index in [2.05, 4.69) is 32.6 Å². The van der Waals surface area contributed by atoms with Gasteiger partial charge in [-0.3, -0.25) is 14.6 Å². The fourth-order valence-electron chi connectivity index (χ4n) is 3.70. The number of carbonyl (C=O) groups is 2. The van der Waals surface area contributed by atoms with Crippen LogP contribution in [0.1, 0.15) is 17.4 Å². The summed E-state index contributed by atoms with van der Waals surface area (Å²) >= 11 is 1.78. The first-order chi connectivity index (χ1) is 13.1. The molecule has 1 N–H and O–H groups in total. The fourth-order valence-corrected chi connectivity index (χ4v) is 4.45. The van der Waals surface area contributed by atoms with Crippen LogP contribution in [0.15, 0.2) is 47.8 Å². The van der Waals surface area contributed by atoms with Gasteiger partial charge in [-0.15, -0.1) is 11.3 Å². The summed E-state index contributed by atoms with van der Waals surface area (Å²) in [6.07, 6.45) is 0. The number of rotatable bonds is 5. The summed E-state index contributed by atoms with van der Waals surface area (Å²) in [6.45, 7) is 6.69.